The second-order valence-electron chi connectivity index (χ2n) is 4.92. The molecular formula is C16H19N3O3S. The molecule has 122 valence electrons. The van der Waals surface area contributed by atoms with E-state index in [9.17, 15) is 13.2 Å². The molecule has 1 amide bonds. The summed E-state index contributed by atoms with van der Waals surface area (Å²) < 4.78 is 24.7. The highest BCUT2D eigenvalue weighted by Crippen LogP contribution is 2.20. The summed E-state index contributed by atoms with van der Waals surface area (Å²) in [6, 6.07) is 9.97. The van der Waals surface area contributed by atoms with Crippen LogP contribution in [0.25, 0.3) is 0 Å². The Morgan fingerprint density at radius 3 is 2.22 bits per heavy atom. The molecule has 0 fully saturated rings. The van der Waals surface area contributed by atoms with Gasteiger partial charge in [-0.15, -0.1) is 0 Å². The number of amides is 1. The summed E-state index contributed by atoms with van der Waals surface area (Å²) in [5.74, 6) is -0.501. The van der Waals surface area contributed by atoms with E-state index in [0.29, 0.717) is 6.42 Å². The lowest BCUT2D eigenvalue weighted by Crippen LogP contribution is -2.33. The van der Waals surface area contributed by atoms with Gasteiger partial charge in [-0.05, 0) is 18.6 Å². The standard InChI is InChI=1S/C16H19N3O3S/c1-2-13-23(21,22)15-8-4-3-7-14(15)16(20)19(11-5-9-17)12-6-10-18/h3-4,7-8H,2,5-6,11-13H2,1H3. The molecule has 0 radical (unpaired) electrons. The third-order valence-corrected chi connectivity index (χ3v) is 5.17. The Hall–Kier alpha value is -2.38. The van der Waals surface area contributed by atoms with Crippen LogP contribution in [-0.2, 0) is 9.84 Å². The third-order valence-electron chi connectivity index (χ3n) is 3.20. The van der Waals surface area contributed by atoms with Crippen molar-refractivity contribution in [3.8, 4) is 12.1 Å². The van der Waals surface area contributed by atoms with Gasteiger partial charge >= 0.3 is 0 Å². The number of hydrogen-bond acceptors (Lipinski definition) is 5. The van der Waals surface area contributed by atoms with E-state index in [1.807, 2.05) is 12.1 Å². The average Bonchev–Trinajstić information content (AvgIpc) is 2.54. The summed E-state index contributed by atoms with van der Waals surface area (Å²) in [7, 11) is -3.54. The highest BCUT2D eigenvalue weighted by Gasteiger charge is 2.24. The van der Waals surface area contributed by atoms with Gasteiger partial charge in [-0.1, -0.05) is 19.1 Å². The minimum atomic E-state index is -3.54. The van der Waals surface area contributed by atoms with Gasteiger partial charge in [-0.25, -0.2) is 8.42 Å². The molecule has 0 spiro atoms. The lowest BCUT2D eigenvalue weighted by atomic mass is 10.2. The molecule has 0 bridgehead atoms. The molecule has 0 aromatic heterocycles. The van der Waals surface area contributed by atoms with Crippen molar-refractivity contribution in [1.29, 1.82) is 10.5 Å². The number of benzene rings is 1. The van der Waals surface area contributed by atoms with E-state index in [1.165, 1.54) is 17.0 Å². The second kappa shape index (κ2) is 8.92. The maximum Gasteiger partial charge on any atom is 0.255 e. The second-order valence-corrected chi connectivity index (χ2v) is 7.00. The Bertz CT molecular complexity index is 712. The lowest BCUT2D eigenvalue weighted by molar-refractivity contribution is 0.0758. The third kappa shape index (κ3) is 5.08. The van der Waals surface area contributed by atoms with Gasteiger partial charge in [0, 0.05) is 13.1 Å². The van der Waals surface area contributed by atoms with Crippen LogP contribution in [0.2, 0.25) is 0 Å². The topological polar surface area (TPSA) is 102 Å². The number of nitriles is 2. The van der Waals surface area contributed by atoms with Crippen molar-refractivity contribution in [2.24, 2.45) is 0 Å². The van der Waals surface area contributed by atoms with Gasteiger partial charge in [-0.2, -0.15) is 10.5 Å². The van der Waals surface area contributed by atoms with Gasteiger partial charge in [0.15, 0.2) is 9.84 Å². The zero-order chi connectivity index (χ0) is 17.3. The van der Waals surface area contributed by atoms with Crippen LogP contribution in [0.15, 0.2) is 29.2 Å². The Morgan fingerprint density at radius 1 is 1.13 bits per heavy atom. The molecule has 1 aromatic carbocycles. The van der Waals surface area contributed by atoms with E-state index in [-0.39, 0.29) is 42.1 Å². The predicted molar refractivity (Wildman–Crippen MR) is 85.1 cm³/mol. The number of sulfone groups is 1. The van der Waals surface area contributed by atoms with Gasteiger partial charge in [-0.3, -0.25) is 4.79 Å². The van der Waals surface area contributed by atoms with Crippen molar-refractivity contribution < 1.29 is 13.2 Å². The summed E-state index contributed by atoms with van der Waals surface area (Å²) >= 11 is 0. The zero-order valence-electron chi connectivity index (χ0n) is 13.0. The van der Waals surface area contributed by atoms with Crippen molar-refractivity contribution in [2.45, 2.75) is 31.1 Å². The normalized spacial score (nSPS) is 10.6. The minimum absolute atomic E-state index is 0.00534. The first-order valence-corrected chi connectivity index (χ1v) is 8.98. The minimum Gasteiger partial charge on any atom is -0.337 e. The van der Waals surface area contributed by atoms with Crippen molar-refractivity contribution in [1.82, 2.24) is 4.90 Å². The van der Waals surface area contributed by atoms with Crippen LogP contribution in [0.3, 0.4) is 0 Å². The SMILES string of the molecule is CCCS(=O)(=O)c1ccccc1C(=O)N(CCC#N)CCC#N. The van der Waals surface area contributed by atoms with Crippen LogP contribution < -0.4 is 0 Å². The molecule has 1 rings (SSSR count). The number of hydrogen-bond donors (Lipinski definition) is 0. The fourth-order valence-electron chi connectivity index (χ4n) is 2.15. The molecule has 23 heavy (non-hydrogen) atoms. The largest absolute Gasteiger partial charge is 0.337 e. The molecule has 0 heterocycles. The van der Waals surface area contributed by atoms with Crippen molar-refractivity contribution >= 4 is 15.7 Å². The van der Waals surface area contributed by atoms with Crippen LogP contribution >= 0.6 is 0 Å². The number of nitrogens with zero attached hydrogens (tertiary/aromatic N) is 3. The van der Waals surface area contributed by atoms with Crippen LogP contribution in [-0.4, -0.2) is 38.1 Å². The zero-order valence-corrected chi connectivity index (χ0v) is 13.8. The Kier molecular flexibility index (Phi) is 7.24. The van der Waals surface area contributed by atoms with Gasteiger partial charge in [0.2, 0.25) is 0 Å². The van der Waals surface area contributed by atoms with Crippen LogP contribution in [0, 0.1) is 22.7 Å². The molecule has 0 N–H and O–H groups in total. The molecule has 0 aliphatic carbocycles. The lowest BCUT2D eigenvalue weighted by Gasteiger charge is -2.21. The van der Waals surface area contributed by atoms with E-state index in [4.69, 9.17) is 10.5 Å². The molecule has 0 aliphatic heterocycles. The summed E-state index contributed by atoms with van der Waals surface area (Å²) in [6.07, 6.45) is 0.708. The Balaban J connectivity index is 3.20. The molecule has 0 atom stereocenters. The maximum atomic E-state index is 12.7. The monoisotopic (exact) mass is 333 g/mol. The predicted octanol–water partition coefficient (Wildman–Crippen LogP) is 2.14. The smallest absolute Gasteiger partial charge is 0.255 e. The number of rotatable bonds is 8. The summed E-state index contributed by atoms with van der Waals surface area (Å²) in [4.78, 5) is 14.0. The molecule has 7 heteroatoms. The molecule has 6 nitrogen and oxygen atoms in total. The van der Waals surface area contributed by atoms with Crippen LogP contribution in [0.4, 0.5) is 0 Å². The van der Waals surface area contributed by atoms with Gasteiger partial charge in [0.25, 0.3) is 5.91 Å². The fraction of sp³-hybridized carbons (Fsp3) is 0.438. The first-order valence-electron chi connectivity index (χ1n) is 7.33. The van der Waals surface area contributed by atoms with Gasteiger partial charge in [0.1, 0.15) is 0 Å². The first-order chi connectivity index (χ1) is 11.0. The molecule has 1 aromatic rings. The van der Waals surface area contributed by atoms with E-state index in [1.54, 1.807) is 19.1 Å². The van der Waals surface area contributed by atoms with Crippen LogP contribution in [0.1, 0.15) is 36.5 Å². The number of carbonyl (C=O) groups excluding carboxylic acids is 1. The van der Waals surface area contributed by atoms with Crippen molar-refractivity contribution in [3.05, 3.63) is 29.8 Å². The Morgan fingerprint density at radius 2 is 1.70 bits per heavy atom. The van der Waals surface area contributed by atoms with E-state index in [0.717, 1.165) is 0 Å². The quantitative estimate of drug-likeness (QED) is 0.725. The highest BCUT2D eigenvalue weighted by atomic mass is 32.2. The van der Waals surface area contributed by atoms with Crippen molar-refractivity contribution in [2.75, 3.05) is 18.8 Å². The van der Waals surface area contributed by atoms with Gasteiger partial charge < -0.3 is 4.90 Å². The summed E-state index contributed by atoms with van der Waals surface area (Å²) in [5.41, 5.74) is 0.0943. The van der Waals surface area contributed by atoms with E-state index >= 15 is 0 Å². The molecule has 0 unspecified atom stereocenters. The van der Waals surface area contributed by atoms with E-state index < -0.39 is 15.7 Å². The van der Waals surface area contributed by atoms with Gasteiger partial charge in [0.05, 0.1) is 41.2 Å². The summed E-state index contributed by atoms with van der Waals surface area (Å²) in [5, 5.41) is 17.4. The molecule has 0 saturated carbocycles. The first kappa shape index (κ1) is 18.7. The molecule has 0 aliphatic rings. The summed E-state index contributed by atoms with van der Waals surface area (Å²) in [6.45, 7) is 2.09. The van der Waals surface area contributed by atoms with Crippen LogP contribution in [0.5, 0.6) is 0 Å². The fourth-order valence-corrected chi connectivity index (χ4v) is 3.68. The molecular weight excluding hydrogens is 314 g/mol. The highest BCUT2D eigenvalue weighted by molar-refractivity contribution is 7.91. The van der Waals surface area contributed by atoms with E-state index in [2.05, 4.69) is 0 Å². The van der Waals surface area contributed by atoms with Crippen molar-refractivity contribution in [3.63, 3.8) is 0 Å². The average molecular weight is 333 g/mol. The molecule has 0 saturated heterocycles. The Labute approximate surface area is 136 Å². The number of carbonyl (C=O) groups is 1. The maximum absolute atomic E-state index is 12.7.